The van der Waals surface area contributed by atoms with E-state index >= 15 is 0 Å². The van der Waals surface area contributed by atoms with Gasteiger partial charge in [0.25, 0.3) is 0 Å². The van der Waals surface area contributed by atoms with E-state index in [1.54, 1.807) is 16.4 Å². The predicted molar refractivity (Wildman–Crippen MR) is 74.7 cm³/mol. The first-order valence-corrected chi connectivity index (χ1v) is 7.48. The average Bonchev–Trinajstić information content (AvgIpc) is 2.94. The number of aryl methyl sites for hydroxylation is 2. The Bertz CT molecular complexity index is 505. The van der Waals surface area contributed by atoms with E-state index in [1.165, 1.54) is 11.5 Å². The Hall–Kier alpha value is -0.920. The quantitative estimate of drug-likeness (QED) is 0.850. The molecule has 0 bridgehead atoms. The summed E-state index contributed by atoms with van der Waals surface area (Å²) in [5.74, 6) is 0.900. The van der Waals surface area contributed by atoms with Gasteiger partial charge in [0.2, 0.25) is 0 Å². The third kappa shape index (κ3) is 3.09. The van der Waals surface area contributed by atoms with Crippen molar-refractivity contribution in [2.24, 2.45) is 12.8 Å². The number of aromatic nitrogens is 4. The van der Waals surface area contributed by atoms with Crippen molar-refractivity contribution in [1.82, 2.24) is 19.1 Å². The summed E-state index contributed by atoms with van der Waals surface area (Å²) < 4.78 is 7.06. The van der Waals surface area contributed by atoms with Crippen molar-refractivity contribution in [3.05, 3.63) is 23.8 Å². The van der Waals surface area contributed by atoms with Gasteiger partial charge in [-0.1, -0.05) is 18.7 Å². The third-order valence-corrected chi connectivity index (χ3v) is 4.83. The average molecular weight is 283 g/mol. The van der Waals surface area contributed by atoms with E-state index in [9.17, 15) is 0 Å². The van der Waals surface area contributed by atoms with Gasteiger partial charge in [-0.15, -0.1) is 0 Å². The Morgan fingerprint density at radius 1 is 1.56 bits per heavy atom. The van der Waals surface area contributed by atoms with E-state index in [1.807, 2.05) is 26.4 Å². The van der Waals surface area contributed by atoms with Gasteiger partial charge in [-0.2, -0.15) is 9.47 Å². The molecule has 2 heterocycles. The highest BCUT2D eigenvalue weighted by molar-refractivity contribution is 8.01. The van der Waals surface area contributed by atoms with Crippen molar-refractivity contribution in [2.75, 3.05) is 0 Å². The molecular weight excluding hydrogens is 266 g/mol. The molecule has 0 aromatic carbocycles. The molecule has 7 heteroatoms. The van der Waals surface area contributed by atoms with Crippen LogP contribution in [0.2, 0.25) is 0 Å². The summed E-state index contributed by atoms with van der Waals surface area (Å²) in [6.45, 7) is 4.06. The Labute approximate surface area is 115 Å². The summed E-state index contributed by atoms with van der Waals surface area (Å²) in [7, 11) is 1.91. The molecule has 0 saturated heterocycles. The highest BCUT2D eigenvalue weighted by Gasteiger charge is 2.21. The zero-order chi connectivity index (χ0) is 13.1. The van der Waals surface area contributed by atoms with E-state index in [0.717, 1.165) is 22.1 Å². The van der Waals surface area contributed by atoms with Crippen molar-refractivity contribution in [3.8, 4) is 0 Å². The van der Waals surface area contributed by atoms with E-state index in [0.29, 0.717) is 0 Å². The molecule has 0 radical (unpaired) electrons. The van der Waals surface area contributed by atoms with Gasteiger partial charge in [-0.05, 0) is 18.5 Å². The lowest BCUT2D eigenvalue weighted by Crippen LogP contribution is -2.22. The summed E-state index contributed by atoms with van der Waals surface area (Å²) in [6.07, 6.45) is 4.73. The topological polar surface area (TPSA) is 69.6 Å². The number of nitrogens with zero attached hydrogens (tertiary/aromatic N) is 4. The van der Waals surface area contributed by atoms with Crippen molar-refractivity contribution < 1.29 is 0 Å². The molecule has 2 unspecified atom stereocenters. The molecule has 2 N–H and O–H groups in total. The standard InChI is InChI=1S/C11H17N5S2/c1-4-9-14-11(18-15-9)17-10(7(2)12)8-5-13-16(3)6-8/h5-7,10H,4,12H2,1-3H3. The second-order valence-electron chi connectivity index (χ2n) is 4.17. The number of hydrogen-bond acceptors (Lipinski definition) is 6. The first kappa shape index (κ1) is 13.5. The molecule has 18 heavy (non-hydrogen) atoms. The summed E-state index contributed by atoms with van der Waals surface area (Å²) in [5.41, 5.74) is 7.19. The maximum absolute atomic E-state index is 6.06. The molecule has 5 nitrogen and oxygen atoms in total. The fourth-order valence-electron chi connectivity index (χ4n) is 1.60. The molecule has 0 spiro atoms. The number of nitrogens with two attached hydrogens (primary N) is 1. The Morgan fingerprint density at radius 2 is 2.33 bits per heavy atom. The maximum Gasteiger partial charge on any atom is 0.170 e. The van der Waals surface area contributed by atoms with Crippen LogP contribution in [-0.4, -0.2) is 25.2 Å². The molecule has 0 amide bonds. The van der Waals surface area contributed by atoms with E-state index in [2.05, 4.69) is 21.4 Å². The zero-order valence-electron chi connectivity index (χ0n) is 10.7. The minimum Gasteiger partial charge on any atom is -0.327 e. The number of thioether (sulfide) groups is 1. The van der Waals surface area contributed by atoms with Gasteiger partial charge in [0.05, 0.1) is 11.4 Å². The maximum atomic E-state index is 6.06. The Morgan fingerprint density at radius 3 is 2.83 bits per heavy atom. The molecule has 0 aliphatic heterocycles. The van der Waals surface area contributed by atoms with Crippen LogP contribution < -0.4 is 5.73 Å². The summed E-state index contributed by atoms with van der Waals surface area (Å²) >= 11 is 3.11. The lowest BCUT2D eigenvalue weighted by molar-refractivity contribution is 0.718. The minimum absolute atomic E-state index is 0.0353. The van der Waals surface area contributed by atoms with Gasteiger partial charge < -0.3 is 5.73 Å². The largest absolute Gasteiger partial charge is 0.327 e. The van der Waals surface area contributed by atoms with Crippen LogP contribution in [0.3, 0.4) is 0 Å². The summed E-state index contributed by atoms with van der Waals surface area (Å²) in [6, 6.07) is 0.0353. The SMILES string of the molecule is CCc1nsc(SC(c2cnn(C)c2)C(C)N)n1. The van der Waals surface area contributed by atoms with Gasteiger partial charge in [0.15, 0.2) is 4.34 Å². The Kier molecular flexibility index (Phi) is 4.36. The lowest BCUT2D eigenvalue weighted by Gasteiger charge is -2.16. The monoisotopic (exact) mass is 283 g/mol. The fourth-order valence-corrected chi connectivity index (χ4v) is 3.55. The lowest BCUT2D eigenvalue weighted by atomic mass is 10.1. The van der Waals surface area contributed by atoms with E-state index in [-0.39, 0.29) is 11.3 Å². The minimum atomic E-state index is 0.0353. The van der Waals surface area contributed by atoms with Crippen LogP contribution in [0.15, 0.2) is 16.7 Å². The van der Waals surface area contributed by atoms with E-state index in [4.69, 9.17) is 5.73 Å². The normalized spacial score (nSPS) is 14.7. The second kappa shape index (κ2) is 5.81. The van der Waals surface area contributed by atoms with Crippen LogP contribution in [0, 0.1) is 0 Å². The van der Waals surface area contributed by atoms with Crippen LogP contribution in [0.1, 0.15) is 30.5 Å². The van der Waals surface area contributed by atoms with Crippen molar-refractivity contribution in [1.29, 1.82) is 0 Å². The number of rotatable bonds is 5. The molecule has 2 atom stereocenters. The first-order chi connectivity index (χ1) is 8.60. The van der Waals surface area contributed by atoms with Crippen LogP contribution in [-0.2, 0) is 13.5 Å². The molecule has 2 aromatic heterocycles. The summed E-state index contributed by atoms with van der Waals surface area (Å²) in [5, 5.41) is 4.36. The Balaban J connectivity index is 2.16. The van der Waals surface area contributed by atoms with Gasteiger partial charge >= 0.3 is 0 Å². The van der Waals surface area contributed by atoms with Gasteiger partial charge in [-0.25, -0.2) is 4.98 Å². The zero-order valence-corrected chi connectivity index (χ0v) is 12.3. The van der Waals surface area contributed by atoms with E-state index < -0.39 is 0 Å². The van der Waals surface area contributed by atoms with Crippen LogP contribution in [0.25, 0.3) is 0 Å². The molecule has 0 aliphatic rings. The van der Waals surface area contributed by atoms with Crippen LogP contribution in [0.5, 0.6) is 0 Å². The second-order valence-corrected chi connectivity index (χ2v) is 6.32. The number of hydrogen-bond donors (Lipinski definition) is 1. The predicted octanol–water partition coefficient (Wildman–Crippen LogP) is 2.01. The molecule has 2 aromatic rings. The smallest absolute Gasteiger partial charge is 0.170 e. The third-order valence-electron chi connectivity index (χ3n) is 2.52. The van der Waals surface area contributed by atoms with Crippen molar-refractivity contribution in [2.45, 2.75) is 35.9 Å². The molecular formula is C11H17N5S2. The van der Waals surface area contributed by atoms with Crippen LogP contribution >= 0.6 is 23.3 Å². The molecule has 2 rings (SSSR count). The van der Waals surface area contributed by atoms with Gasteiger partial charge in [-0.3, -0.25) is 4.68 Å². The van der Waals surface area contributed by atoms with Crippen LogP contribution in [0.4, 0.5) is 0 Å². The van der Waals surface area contributed by atoms with Gasteiger partial charge in [0.1, 0.15) is 5.82 Å². The highest BCUT2D eigenvalue weighted by atomic mass is 32.2. The molecule has 98 valence electrons. The molecule has 0 aliphatic carbocycles. The summed E-state index contributed by atoms with van der Waals surface area (Å²) in [4.78, 5) is 4.47. The van der Waals surface area contributed by atoms with Crippen molar-refractivity contribution >= 4 is 23.3 Å². The highest BCUT2D eigenvalue weighted by Crippen LogP contribution is 2.37. The molecule has 0 saturated carbocycles. The van der Waals surface area contributed by atoms with Gasteiger partial charge in [0, 0.05) is 31.3 Å². The van der Waals surface area contributed by atoms with Crippen molar-refractivity contribution in [3.63, 3.8) is 0 Å². The fraction of sp³-hybridized carbons (Fsp3) is 0.545. The first-order valence-electron chi connectivity index (χ1n) is 5.83. The molecule has 0 fully saturated rings.